The minimum absolute atomic E-state index is 0.00443. The molecule has 3 rings (SSSR count). The van der Waals surface area contributed by atoms with Crippen molar-refractivity contribution in [2.45, 2.75) is 77.4 Å². The van der Waals surface area contributed by atoms with E-state index in [9.17, 15) is 4.79 Å². The SMILES string of the molecule is CC(C)(C)OC(=O)N1[C@H](CO[Si](C)(C)C(C)(C)C)[C@H]1c1cccc2ccccc12. The van der Waals surface area contributed by atoms with Crippen molar-refractivity contribution in [1.82, 2.24) is 4.90 Å². The lowest BCUT2D eigenvalue weighted by atomic mass is 10.0. The van der Waals surface area contributed by atoms with E-state index in [4.69, 9.17) is 9.16 Å². The third-order valence-electron chi connectivity index (χ3n) is 6.10. The van der Waals surface area contributed by atoms with E-state index in [1.54, 1.807) is 0 Å². The molecule has 1 amide bonds. The van der Waals surface area contributed by atoms with Crippen LogP contribution in [-0.4, -0.2) is 37.6 Å². The Morgan fingerprint density at radius 3 is 2.24 bits per heavy atom. The van der Waals surface area contributed by atoms with Gasteiger partial charge in [-0.2, -0.15) is 0 Å². The van der Waals surface area contributed by atoms with Crippen LogP contribution in [0.2, 0.25) is 18.1 Å². The van der Waals surface area contributed by atoms with Crippen LogP contribution in [0.1, 0.15) is 53.1 Å². The Bertz CT molecular complexity index is 890. The van der Waals surface area contributed by atoms with Crippen molar-refractivity contribution in [3.63, 3.8) is 0 Å². The van der Waals surface area contributed by atoms with Gasteiger partial charge in [-0.1, -0.05) is 63.2 Å². The van der Waals surface area contributed by atoms with Crippen LogP contribution < -0.4 is 0 Å². The van der Waals surface area contributed by atoms with Crippen molar-refractivity contribution >= 4 is 25.2 Å². The largest absolute Gasteiger partial charge is 0.444 e. The highest BCUT2D eigenvalue weighted by atomic mass is 28.4. The predicted molar refractivity (Wildman–Crippen MR) is 122 cm³/mol. The average Bonchev–Trinajstić information content (AvgIpc) is 3.31. The molecule has 1 fully saturated rings. The summed E-state index contributed by atoms with van der Waals surface area (Å²) >= 11 is 0. The summed E-state index contributed by atoms with van der Waals surface area (Å²) in [6.07, 6.45) is -0.265. The summed E-state index contributed by atoms with van der Waals surface area (Å²) in [5.74, 6) is 0. The highest BCUT2D eigenvalue weighted by molar-refractivity contribution is 6.74. The minimum atomic E-state index is -1.90. The van der Waals surface area contributed by atoms with Gasteiger partial charge in [0.1, 0.15) is 5.60 Å². The molecule has 1 aliphatic heterocycles. The molecule has 1 heterocycles. The topological polar surface area (TPSA) is 38.5 Å². The molecule has 0 aliphatic carbocycles. The van der Waals surface area contributed by atoms with Gasteiger partial charge in [-0.25, -0.2) is 4.79 Å². The summed E-state index contributed by atoms with van der Waals surface area (Å²) in [7, 11) is -1.90. The molecule has 0 saturated carbocycles. The molecule has 4 nitrogen and oxygen atoms in total. The fourth-order valence-electron chi connectivity index (χ4n) is 3.39. The maximum atomic E-state index is 12.9. The Labute approximate surface area is 176 Å². The maximum Gasteiger partial charge on any atom is 0.411 e. The molecule has 0 radical (unpaired) electrons. The van der Waals surface area contributed by atoms with E-state index in [1.807, 2.05) is 37.8 Å². The molecule has 5 heteroatoms. The molecule has 0 unspecified atom stereocenters. The molecule has 0 bridgehead atoms. The van der Waals surface area contributed by atoms with Gasteiger partial charge >= 0.3 is 6.09 Å². The summed E-state index contributed by atoms with van der Waals surface area (Å²) < 4.78 is 12.2. The molecule has 0 aromatic heterocycles. The van der Waals surface area contributed by atoms with Gasteiger partial charge in [-0.3, -0.25) is 4.90 Å². The van der Waals surface area contributed by atoms with Gasteiger partial charge in [0, 0.05) is 0 Å². The van der Waals surface area contributed by atoms with Gasteiger partial charge in [0.15, 0.2) is 8.32 Å². The summed E-state index contributed by atoms with van der Waals surface area (Å²) in [5, 5.41) is 2.50. The molecule has 29 heavy (non-hydrogen) atoms. The zero-order valence-corrected chi connectivity index (χ0v) is 20.1. The van der Waals surface area contributed by atoms with Crippen LogP contribution in [-0.2, 0) is 9.16 Å². The molecule has 0 spiro atoms. The number of hydrogen-bond donors (Lipinski definition) is 0. The number of hydrogen-bond acceptors (Lipinski definition) is 3. The monoisotopic (exact) mass is 413 g/mol. The first-order valence-corrected chi connectivity index (χ1v) is 13.4. The van der Waals surface area contributed by atoms with Crippen molar-refractivity contribution in [3.8, 4) is 0 Å². The van der Waals surface area contributed by atoms with Crippen molar-refractivity contribution in [2.75, 3.05) is 6.61 Å². The second-order valence-electron chi connectivity index (χ2n) is 10.5. The van der Waals surface area contributed by atoms with Gasteiger partial charge in [0.2, 0.25) is 0 Å². The lowest BCUT2D eigenvalue weighted by molar-refractivity contribution is 0.0383. The summed E-state index contributed by atoms with van der Waals surface area (Å²) in [5.41, 5.74) is 0.645. The lowest BCUT2D eigenvalue weighted by Gasteiger charge is -2.36. The zero-order valence-electron chi connectivity index (χ0n) is 19.1. The standard InChI is InChI=1S/C24H35NO3Si/c1-23(2,3)28-22(26)25-20(16-27-29(7,8)24(4,5)6)21(25)19-15-11-13-17-12-9-10-14-18(17)19/h9-15,20-21H,16H2,1-8H3/t20-,21-,25?/m1/s1. The second-order valence-corrected chi connectivity index (χ2v) is 15.3. The molecule has 2 atom stereocenters. The van der Waals surface area contributed by atoms with Crippen molar-refractivity contribution < 1.29 is 14.0 Å². The van der Waals surface area contributed by atoms with E-state index in [2.05, 4.69) is 64.2 Å². The quantitative estimate of drug-likeness (QED) is 0.423. The Morgan fingerprint density at radius 2 is 1.62 bits per heavy atom. The Hall–Kier alpha value is -1.85. The molecule has 1 aliphatic rings. The highest BCUT2D eigenvalue weighted by Crippen LogP contribution is 2.47. The van der Waals surface area contributed by atoms with Crippen molar-refractivity contribution in [1.29, 1.82) is 0 Å². The Kier molecular flexibility index (Phi) is 5.60. The predicted octanol–water partition coefficient (Wildman–Crippen LogP) is 6.52. The van der Waals surface area contributed by atoms with Crippen LogP contribution in [0, 0.1) is 0 Å². The van der Waals surface area contributed by atoms with E-state index in [0.29, 0.717) is 6.61 Å². The van der Waals surface area contributed by atoms with Crippen LogP contribution in [0.5, 0.6) is 0 Å². The number of carbonyl (C=O) groups is 1. The normalized spacial score (nSPS) is 20.1. The molecular weight excluding hydrogens is 378 g/mol. The molecular formula is C24H35NO3Si. The minimum Gasteiger partial charge on any atom is -0.444 e. The second kappa shape index (κ2) is 7.44. The first-order valence-electron chi connectivity index (χ1n) is 10.4. The van der Waals surface area contributed by atoms with Gasteiger partial charge in [0.05, 0.1) is 18.7 Å². The molecule has 2 aromatic rings. The van der Waals surface area contributed by atoms with Gasteiger partial charge in [-0.15, -0.1) is 0 Å². The van der Waals surface area contributed by atoms with E-state index in [1.165, 1.54) is 10.8 Å². The summed E-state index contributed by atoms with van der Waals surface area (Å²) in [6, 6.07) is 14.6. The van der Waals surface area contributed by atoms with Crippen LogP contribution in [0.4, 0.5) is 4.79 Å². The lowest BCUT2D eigenvalue weighted by Crippen LogP contribution is -2.42. The van der Waals surface area contributed by atoms with E-state index in [0.717, 1.165) is 5.56 Å². The maximum absolute atomic E-state index is 12.9. The van der Waals surface area contributed by atoms with Crippen LogP contribution in [0.3, 0.4) is 0 Å². The molecule has 2 aromatic carbocycles. The molecule has 0 N–H and O–H groups in total. The number of ether oxygens (including phenoxy) is 1. The van der Waals surface area contributed by atoms with Crippen molar-refractivity contribution in [2.24, 2.45) is 0 Å². The van der Waals surface area contributed by atoms with Crippen LogP contribution in [0.25, 0.3) is 10.8 Å². The number of nitrogens with zero attached hydrogens (tertiary/aromatic N) is 1. The third kappa shape index (κ3) is 4.67. The number of carbonyl (C=O) groups excluding carboxylic acids is 1. The van der Waals surface area contributed by atoms with E-state index < -0.39 is 13.9 Å². The van der Waals surface area contributed by atoms with Gasteiger partial charge < -0.3 is 9.16 Å². The van der Waals surface area contributed by atoms with Gasteiger partial charge in [0.25, 0.3) is 0 Å². The first-order chi connectivity index (χ1) is 13.3. The molecule has 158 valence electrons. The summed E-state index contributed by atoms with van der Waals surface area (Å²) in [6.45, 7) is 17.5. The van der Waals surface area contributed by atoms with E-state index >= 15 is 0 Å². The smallest absolute Gasteiger partial charge is 0.411 e. The number of rotatable bonds is 4. The Balaban J connectivity index is 1.89. The fourth-order valence-corrected chi connectivity index (χ4v) is 4.41. The first kappa shape index (κ1) is 21.8. The number of benzene rings is 2. The third-order valence-corrected chi connectivity index (χ3v) is 10.6. The van der Waals surface area contributed by atoms with Crippen LogP contribution >= 0.6 is 0 Å². The van der Waals surface area contributed by atoms with E-state index in [-0.39, 0.29) is 23.2 Å². The van der Waals surface area contributed by atoms with Crippen molar-refractivity contribution in [3.05, 3.63) is 48.0 Å². The highest BCUT2D eigenvalue weighted by Gasteiger charge is 2.55. The average molecular weight is 414 g/mol. The van der Waals surface area contributed by atoms with Gasteiger partial charge in [-0.05, 0) is 55.2 Å². The zero-order chi connectivity index (χ0) is 21.6. The number of amides is 1. The Morgan fingerprint density at radius 1 is 1.00 bits per heavy atom. The fraction of sp³-hybridized carbons (Fsp3) is 0.542. The summed E-state index contributed by atoms with van der Waals surface area (Å²) in [4.78, 5) is 14.8. The number of fused-ring (bicyclic) bond motifs is 1. The van der Waals surface area contributed by atoms with Crippen LogP contribution in [0.15, 0.2) is 42.5 Å². The molecule has 1 saturated heterocycles.